The van der Waals surface area contributed by atoms with Gasteiger partial charge in [0.25, 0.3) is 0 Å². The normalized spacial score (nSPS) is 11.0. The molecule has 0 aliphatic carbocycles. The molecule has 0 heterocycles. The van der Waals surface area contributed by atoms with Gasteiger partial charge in [0.15, 0.2) is 0 Å². The number of carbonyl (C=O) groups is 2. The second kappa shape index (κ2) is 5.07. The van der Waals surface area contributed by atoms with E-state index in [9.17, 15) is 9.59 Å². The van der Waals surface area contributed by atoms with Crippen LogP contribution in [0.25, 0.3) is 0 Å². The molecule has 0 spiro atoms. The van der Waals surface area contributed by atoms with Crippen LogP contribution in [-0.4, -0.2) is 23.2 Å². The second-order valence-electron chi connectivity index (χ2n) is 3.51. The Bertz CT molecular complexity index is 204. The molecule has 4 nitrogen and oxygen atoms in total. The van der Waals surface area contributed by atoms with E-state index < -0.39 is 11.4 Å². The second-order valence-corrected chi connectivity index (χ2v) is 3.89. The largest absolute Gasteiger partial charge is 0.370 e. The monoisotopic (exact) mass is 206 g/mol. The van der Waals surface area contributed by atoms with E-state index in [0.29, 0.717) is 0 Å². The molecule has 2 amide bonds. The third kappa shape index (κ3) is 6.40. The smallest absolute Gasteiger partial charge is 0.221 e. The van der Waals surface area contributed by atoms with Gasteiger partial charge in [0.2, 0.25) is 11.8 Å². The van der Waals surface area contributed by atoms with Crippen LogP contribution < -0.4 is 11.1 Å². The van der Waals surface area contributed by atoms with E-state index in [4.69, 9.17) is 17.3 Å². The van der Waals surface area contributed by atoms with Crippen molar-refractivity contribution in [3.8, 4) is 0 Å². The Balaban J connectivity index is 4.00. The summed E-state index contributed by atoms with van der Waals surface area (Å²) in [6.45, 7) is 3.48. The number of rotatable bonds is 5. The van der Waals surface area contributed by atoms with E-state index in [0.717, 1.165) is 0 Å². The summed E-state index contributed by atoms with van der Waals surface area (Å²) in [4.78, 5) is 21.7. The first-order valence-corrected chi connectivity index (χ1v) is 4.56. The van der Waals surface area contributed by atoms with E-state index in [1.807, 2.05) is 0 Å². The van der Waals surface area contributed by atoms with Crippen LogP contribution in [0.1, 0.15) is 26.7 Å². The molecule has 0 aliphatic heterocycles. The highest BCUT2D eigenvalue weighted by Crippen LogP contribution is 2.07. The van der Waals surface area contributed by atoms with Crippen LogP contribution in [0.3, 0.4) is 0 Å². The SMILES string of the molecule is CC(C)(CC(N)=O)NC(=O)CCCl. The summed E-state index contributed by atoms with van der Waals surface area (Å²) in [6.07, 6.45) is 0.380. The number of hydrogen-bond donors (Lipinski definition) is 2. The molecule has 3 N–H and O–H groups in total. The fourth-order valence-corrected chi connectivity index (χ4v) is 1.18. The summed E-state index contributed by atoms with van der Waals surface area (Å²) in [5.74, 6) is -0.323. The van der Waals surface area contributed by atoms with Crippen molar-refractivity contribution in [2.45, 2.75) is 32.2 Å². The van der Waals surface area contributed by atoms with Crippen LogP contribution in [0.15, 0.2) is 0 Å². The van der Waals surface area contributed by atoms with E-state index in [2.05, 4.69) is 5.32 Å². The molecule has 0 radical (unpaired) electrons. The molecule has 0 unspecified atom stereocenters. The van der Waals surface area contributed by atoms with Crippen molar-refractivity contribution >= 4 is 23.4 Å². The molecule has 0 fully saturated rings. The first kappa shape index (κ1) is 12.2. The van der Waals surface area contributed by atoms with Crippen LogP contribution in [0.2, 0.25) is 0 Å². The first-order valence-electron chi connectivity index (χ1n) is 4.02. The van der Waals surface area contributed by atoms with Crippen molar-refractivity contribution in [2.24, 2.45) is 5.73 Å². The third-order valence-corrected chi connectivity index (χ3v) is 1.60. The highest BCUT2D eigenvalue weighted by molar-refractivity contribution is 6.18. The number of nitrogens with one attached hydrogen (secondary N) is 1. The molecule has 0 aromatic heterocycles. The summed E-state index contributed by atoms with van der Waals surface area (Å²) >= 11 is 5.38. The van der Waals surface area contributed by atoms with E-state index in [-0.39, 0.29) is 24.6 Å². The minimum absolute atomic E-state index is 0.126. The maximum absolute atomic E-state index is 11.1. The van der Waals surface area contributed by atoms with Gasteiger partial charge in [0.05, 0.1) is 0 Å². The summed E-state index contributed by atoms with van der Waals surface area (Å²) in [5, 5.41) is 2.66. The zero-order valence-corrected chi connectivity index (χ0v) is 8.65. The molecule has 0 bridgehead atoms. The van der Waals surface area contributed by atoms with Crippen LogP contribution in [-0.2, 0) is 9.59 Å². The molecule has 76 valence electrons. The van der Waals surface area contributed by atoms with Crippen LogP contribution in [0, 0.1) is 0 Å². The van der Waals surface area contributed by atoms with Crippen LogP contribution in [0.4, 0.5) is 0 Å². The standard InChI is InChI=1S/C8H15ClN2O2/c1-8(2,5-6(10)12)11-7(13)3-4-9/h3-5H2,1-2H3,(H2,10,12)(H,11,13). The molecule has 0 saturated heterocycles. The molecule has 0 atom stereocenters. The molecule has 0 saturated carbocycles. The number of carbonyl (C=O) groups excluding carboxylic acids is 2. The number of nitrogens with two attached hydrogens (primary N) is 1. The van der Waals surface area contributed by atoms with Gasteiger partial charge in [-0.25, -0.2) is 0 Å². The fourth-order valence-electron chi connectivity index (χ4n) is 1.01. The lowest BCUT2D eigenvalue weighted by molar-refractivity contribution is -0.123. The maximum Gasteiger partial charge on any atom is 0.221 e. The zero-order valence-electron chi connectivity index (χ0n) is 7.89. The van der Waals surface area contributed by atoms with Crippen LogP contribution in [0.5, 0.6) is 0 Å². The lowest BCUT2D eigenvalue weighted by Crippen LogP contribution is -2.46. The van der Waals surface area contributed by atoms with E-state index in [1.165, 1.54) is 0 Å². The van der Waals surface area contributed by atoms with E-state index >= 15 is 0 Å². The quantitative estimate of drug-likeness (QED) is 0.639. The van der Waals surface area contributed by atoms with Crippen LogP contribution >= 0.6 is 11.6 Å². The Kier molecular flexibility index (Phi) is 4.77. The summed E-state index contributed by atoms with van der Waals surface area (Å²) < 4.78 is 0. The number of primary amides is 1. The number of alkyl halides is 1. The maximum atomic E-state index is 11.1. The lowest BCUT2D eigenvalue weighted by Gasteiger charge is -2.24. The first-order chi connectivity index (χ1) is 5.87. The summed E-state index contributed by atoms with van der Waals surface area (Å²) in [7, 11) is 0. The Morgan fingerprint density at radius 1 is 1.46 bits per heavy atom. The molecular weight excluding hydrogens is 192 g/mol. The Hall–Kier alpha value is -0.770. The Labute approximate surface area is 82.8 Å². The predicted molar refractivity (Wildman–Crippen MR) is 51.4 cm³/mol. The van der Waals surface area contributed by atoms with Gasteiger partial charge in [-0.15, -0.1) is 11.6 Å². The summed E-state index contributed by atoms with van der Waals surface area (Å²) in [6, 6.07) is 0. The van der Waals surface area contributed by atoms with Gasteiger partial charge >= 0.3 is 0 Å². The third-order valence-electron chi connectivity index (χ3n) is 1.42. The average Bonchev–Trinajstić information content (AvgIpc) is 1.81. The van der Waals surface area contributed by atoms with Gasteiger partial charge in [-0.2, -0.15) is 0 Å². The molecule has 13 heavy (non-hydrogen) atoms. The Morgan fingerprint density at radius 3 is 2.38 bits per heavy atom. The zero-order chi connectivity index (χ0) is 10.5. The number of hydrogen-bond acceptors (Lipinski definition) is 2. The molecule has 0 aliphatic rings. The predicted octanol–water partition coefficient (Wildman–Crippen LogP) is 0.385. The van der Waals surface area contributed by atoms with Crippen molar-refractivity contribution in [3.63, 3.8) is 0 Å². The molecule has 0 rings (SSSR count). The number of amides is 2. The van der Waals surface area contributed by atoms with Crippen molar-refractivity contribution in [2.75, 3.05) is 5.88 Å². The minimum Gasteiger partial charge on any atom is -0.370 e. The van der Waals surface area contributed by atoms with E-state index in [1.54, 1.807) is 13.8 Å². The Morgan fingerprint density at radius 2 is 2.00 bits per heavy atom. The van der Waals surface area contributed by atoms with Gasteiger partial charge in [-0.05, 0) is 13.8 Å². The average molecular weight is 207 g/mol. The number of halogens is 1. The molecule has 5 heteroatoms. The van der Waals surface area contributed by atoms with Crippen molar-refractivity contribution in [3.05, 3.63) is 0 Å². The van der Waals surface area contributed by atoms with Crippen molar-refractivity contribution < 1.29 is 9.59 Å². The van der Waals surface area contributed by atoms with Gasteiger partial charge in [0.1, 0.15) is 0 Å². The van der Waals surface area contributed by atoms with Gasteiger partial charge in [0, 0.05) is 24.3 Å². The minimum atomic E-state index is -0.588. The van der Waals surface area contributed by atoms with Crippen molar-refractivity contribution in [1.29, 1.82) is 0 Å². The lowest BCUT2D eigenvalue weighted by atomic mass is 10.0. The van der Waals surface area contributed by atoms with Gasteiger partial charge in [-0.3, -0.25) is 9.59 Å². The van der Waals surface area contributed by atoms with Gasteiger partial charge < -0.3 is 11.1 Å². The fraction of sp³-hybridized carbons (Fsp3) is 0.750. The highest BCUT2D eigenvalue weighted by Gasteiger charge is 2.22. The highest BCUT2D eigenvalue weighted by atomic mass is 35.5. The topological polar surface area (TPSA) is 72.2 Å². The molecule has 0 aromatic rings. The summed E-state index contributed by atoms with van der Waals surface area (Å²) in [5.41, 5.74) is 4.42. The van der Waals surface area contributed by atoms with Gasteiger partial charge in [-0.1, -0.05) is 0 Å². The van der Waals surface area contributed by atoms with Crippen molar-refractivity contribution in [1.82, 2.24) is 5.32 Å². The molecule has 0 aromatic carbocycles. The molecular formula is C8H15ClN2O2.